The van der Waals surface area contributed by atoms with Crippen molar-refractivity contribution in [1.29, 1.82) is 0 Å². The monoisotopic (exact) mass is 748 g/mol. The summed E-state index contributed by atoms with van der Waals surface area (Å²) in [5.41, 5.74) is 2.03. The predicted molar refractivity (Wildman–Crippen MR) is 201 cm³/mol. The van der Waals surface area contributed by atoms with Crippen LogP contribution in [0.4, 0.5) is 0 Å². The van der Waals surface area contributed by atoms with Gasteiger partial charge >= 0.3 is 5.97 Å². The van der Waals surface area contributed by atoms with E-state index in [4.69, 9.17) is 33.2 Å². The molecule has 54 heavy (non-hydrogen) atoms. The van der Waals surface area contributed by atoms with E-state index in [1.807, 2.05) is 51.1 Å². The lowest BCUT2D eigenvalue weighted by Gasteiger charge is -2.58. The first-order valence-electron chi connectivity index (χ1n) is 21.2. The van der Waals surface area contributed by atoms with Crippen molar-refractivity contribution in [2.24, 2.45) is 51.8 Å². The van der Waals surface area contributed by atoms with Crippen LogP contribution in [0.1, 0.15) is 118 Å². The Morgan fingerprint density at radius 2 is 1.74 bits per heavy atom. The fraction of sp³-hybridized carbons (Fsp3) is 0.800. The van der Waals surface area contributed by atoms with Gasteiger partial charge < -0.3 is 38.3 Å². The number of hydrogen-bond donors (Lipinski definition) is 1. The lowest BCUT2D eigenvalue weighted by molar-refractivity contribution is -0.368. The standard InChI is InChI=1S/C45H64O9/c1-25-15-20-45(49-23-25)26(2)35-33(54-45)22-32-30-14-13-28-21-29(16-18-43(28,6)31(30)17-19-44(32,35)7)50-40-36(46)38(53-41(47)42(3,4)5)37-34(51-40)24-48-39(52-37)27-11-9-8-10-12-27/h8-13,25-26,29-40,46H,14-24H2,1-7H3/t25-,26+,29+,30-,31+,32+,33+,34-,35+,36-,37-,38-,39-,40-,43+,44+,45-/m1/s1. The van der Waals surface area contributed by atoms with Gasteiger partial charge in [0.05, 0.1) is 30.8 Å². The highest BCUT2D eigenvalue weighted by molar-refractivity contribution is 5.75. The van der Waals surface area contributed by atoms with Crippen molar-refractivity contribution < 1.29 is 43.1 Å². The molecule has 9 nitrogen and oxygen atoms in total. The molecule has 7 fully saturated rings. The minimum atomic E-state index is -1.21. The van der Waals surface area contributed by atoms with Gasteiger partial charge in [0, 0.05) is 17.9 Å². The Morgan fingerprint density at radius 3 is 2.48 bits per heavy atom. The average Bonchev–Trinajstić information content (AvgIpc) is 3.60. The molecular weight excluding hydrogens is 684 g/mol. The molecule has 0 unspecified atom stereocenters. The van der Waals surface area contributed by atoms with Crippen LogP contribution in [0.25, 0.3) is 0 Å². The van der Waals surface area contributed by atoms with E-state index in [0.29, 0.717) is 41.6 Å². The van der Waals surface area contributed by atoms with Crippen molar-refractivity contribution >= 4 is 5.97 Å². The van der Waals surface area contributed by atoms with Crippen LogP contribution in [-0.4, -0.2) is 73.0 Å². The van der Waals surface area contributed by atoms with Crippen molar-refractivity contribution in [3.63, 3.8) is 0 Å². The minimum Gasteiger partial charge on any atom is -0.456 e. The quantitative estimate of drug-likeness (QED) is 0.243. The highest BCUT2D eigenvalue weighted by Gasteiger charge is 2.69. The molecule has 1 aromatic rings. The number of carbonyl (C=O) groups excluding carboxylic acids is 1. The minimum absolute atomic E-state index is 0.109. The smallest absolute Gasteiger partial charge is 0.311 e. The Bertz CT molecular complexity index is 1580. The second-order valence-corrected chi connectivity index (χ2v) is 20.1. The second-order valence-electron chi connectivity index (χ2n) is 20.1. The summed E-state index contributed by atoms with van der Waals surface area (Å²) in [7, 11) is 0. The molecule has 1 aromatic carbocycles. The first-order valence-corrected chi connectivity index (χ1v) is 21.2. The molecule has 4 saturated heterocycles. The summed E-state index contributed by atoms with van der Waals surface area (Å²) in [5, 5.41) is 11.8. The average molecular weight is 749 g/mol. The number of esters is 1. The zero-order valence-electron chi connectivity index (χ0n) is 33.5. The van der Waals surface area contributed by atoms with Crippen LogP contribution in [-0.2, 0) is 38.0 Å². The summed E-state index contributed by atoms with van der Waals surface area (Å²) in [4.78, 5) is 13.2. The van der Waals surface area contributed by atoms with Crippen LogP contribution in [0, 0.1) is 51.8 Å². The van der Waals surface area contributed by atoms with E-state index in [2.05, 4.69) is 33.8 Å². The van der Waals surface area contributed by atoms with Crippen LogP contribution in [0.3, 0.4) is 0 Å². The van der Waals surface area contributed by atoms with Gasteiger partial charge in [-0.3, -0.25) is 4.79 Å². The zero-order valence-corrected chi connectivity index (χ0v) is 33.5. The number of carbonyl (C=O) groups is 1. The Morgan fingerprint density at radius 1 is 0.944 bits per heavy atom. The van der Waals surface area contributed by atoms with E-state index in [1.54, 1.807) is 0 Å². The number of ether oxygens (including phenoxy) is 7. The Kier molecular flexibility index (Phi) is 9.52. The molecule has 4 aliphatic heterocycles. The predicted octanol–water partition coefficient (Wildman–Crippen LogP) is 7.90. The van der Waals surface area contributed by atoms with Crippen molar-refractivity contribution in [3.8, 4) is 0 Å². The molecule has 9 heteroatoms. The summed E-state index contributed by atoms with van der Waals surface area (Å²) in [5.74, 6) is 2.83. The van der Waals surface area contributed by atoms with Crippen molar-refractivity contribution in [1.82, 2.24) is 0 Å². The molecule has 0 amide bonds. The van der Waals surface area contributed by atoms with E-state index in [1.165, 1.54) is 24.8 Å². The first-order chi connectivity index (χ1) is 25.7. The third-order valence-electron chi connectivity index (χ3n) is 15.9. The summed E-state index contributed by atoms with van der Waals surface area (Å²) in [6.07, 6.45) is 7.48. The lowest BCUT2D eigenvalue weighted by atomic mass is 9.47. The molecule has 1 spiro atoms. The van der Waals surface area contributed by atoms with Crippen molar-refractivity contribution in [2.75, 3.05) is 13.2 Å². The number of rotatable bonds is 4. The van der Waals surface area contributed by atoms with E-state index < -0.39 is 48.4 Å². The molecule has 3 saturated carbocycles. The first kappa shape index (κ1) is 37.7. The molecule has 17 atom stereocenters. The van der Waals surface area contributed by atoms with E-state index in [-0.39, 0.29) is 29.3 Å². The van der Waals surface area contributed by atoms with Crippen LogP contribution in [0.2, 0.25) is 0 Å². The molecule has 0 aromatic heterocycles. The van der Waals surface area contributed by atoms with Gasteiger partial charge in [0.15, 0.2) is 24.5 Å². The van der Waals surface area contributed by atoms with Gasteiger partial charge in [0.1, 0.15) is 18.3 Å². The topological polar surface area (TPSA) is 102 Å². The van der Waals surface area contributed by atoms with Crippen LogP contribution in [0.15, 0.2) is 42.0 Å². The summed E-state index contributed by atoms with van der Waals surface area (Å²) >= 11 is 0. The number of allylic oxidation sites excluding steroid dienone is 1. The normalized spacial score (nSPS) is 49.9. The van der Waals surface area contributed by atoms with E-state index in [0.717, 1.165) is 50.7 Å². The van der Waals surface area contributed by atoms with E-state index in [9.17, 15) is 9.90 Å². The largest absolute Gasteiger partial charge is 0.456 e. The van der Waals surface area contributed by atoms with Gasteiger partial charge in [-0.2, -0.15) is 0 Å². The lowest BCUT2D eigenvalue weighted by Crippen LogP contribution is -2.64. The molecule has 4 aliphatic carbocycles. The van der Waals surface area contributed by atoms with Crippen LogP contribution < -0.4 is 0 Å². The SMILES string of the molecule is C[C@@H]1CC[C@@]2(OC1)O[C@H]1C[C@H]3[C@@H]4CC=C5C[C@@H](O[C@@H]6O[C@@H]7CO[C@@H](c8ccccc8)O[C@H]7[C@H](OC(=O)C(C)(C)C)[C@H]6O)CC[C@]5(C)[C@H]4CC[C@]3(C)[C@H]1[C@@H]2C. The molecule has 9 rings (SSSR count). The molecule has 0 radical (unpaired) electrons. The maximum atomic E-state index is 13.2. The number of fused-ring (bicyclic) bond motifs is 8. The molecular formula is C45H64O9. The van der Waals surface area contributed by atoms with Gasteiger partial charge in [0.25, 0.3) is 0 Å². The Balaban J connectivity index is 0.887. The highest BCUT2D eigenvalue weighted by atomic mass is 16.8. The molecule has 298 valence electrons. The molecule has 4 heterocycles. The number of aliphatic hydroxyl groups is 1. The van der Waals surface area contributed by atoms with Crippen LogP contribution >= 0.6 is 0 Å². The zero-order chi connectivity index (χ0) is 37.8. The Labute approximate surface area is 322 Å². The third-order valence-corrected chi connectivity index (χ3v) is 15.9. The Hall–Kier alpha value is -1.85. The summed E-state index contributed by atoms with van der Waals surface area (Å²) in [6.45, 7) is 16.3. The maximum absolute atomic E-state index is 13.2. The third kappa shape index (κ3) is 6.08. The van der Waals surface area contributed by atoms with Gasteiger partial charge in [0.2, 0.25) is 0 Å². The molecule has 0 bridgehead atoms. The summed E-state index contributed by atoms with van der Waals surface area (Å²) in [6, 6.07) is 9.68. The summed E-state index contributed by atoms with van der Waals surface area (Å²) < 4.78 is 45.3. The van der Waals surface area contributed by atoms with Gasteiger partial charge in [-0.15, -0.1) is 0 Å². The maximum Gasteiger partial charge on any atom is 0.311 e. The fourth-order valence-corrected chi connectivity index (χ4v) is 12.8. The van der Waals surface area contributed by atoms with Crippen molar-refractivity contribution in [3.05, 3.63) is 47.5 Å². The number of aliphatic hydroxyl groups excluding tert-OH is 1. The second kappa shape index (κ2) is 13.6. The van der Waals surface area contributed by atoms with Crippen LogP contribution in [0.5, 0.6) is 0 Å². The molecule has 1 N–H and O–H groups in total. The van der Waals surface area contributed by atoms with E-state index >= 15 is 0 Å². The highest BCUT2D eigenvalue weighted by Crippen LogP contribution is 2.70. The van der Waals surface area contributed by atoms with Gasteiger partial charge in [-0.25, -0.2) is 0 Å². The van der Waals surface area contributed by atoms with Gasteiger partial charge in [-0.1, -0.05) is 69.7 Å². The van der Waals surface area contributed by atoms with Crippen molar-refractivity contribution in [2.45, 2.75) is 161 Å². The number of benzene rings is 1. The number of hydrogen-bond acceptors (Lipinski definition) is 9. The van der Waals surface area contributed by atoms with Gasteiger partial charge in [-0.05, 0) is 113 Å². The fourth-order valence-electron chi connectivity index (χ4n) is 12.8. The molecule has 8 aliphatic rings.